The first-order valence-electron chi connectivity index (χ1n) is 18.3. The Balaban J connectivity index is 1.75. The first-order valence-corrected chi connectivity index (χ1v) is 18.3. The first kappa shape index (κ1) is 41.9. The average molecular weight is 726 g/mol. The molecule has 7 atom stereocenters. The molecule has 1 saturated heterocycles. The Morgan fingerprint density at radius 1 is 0.942 bits per heavy atom. The third-order valence-electron chi connectivity index (χ3n) is 10.4. The van der Waals surface area contributed by atoms with Gasteiger partial charge in [-0.05, 0) is 48.0 Å². The lowest BCUT2D eigenvalue weighted by molar-refractivity contribution is -0.145. The van der Waals surface area contributed by atoms with Gasteiger partial charge in [-0.15, -0.1) is 0 Å². The molecule has 7 amide bonds. The summed E-state index contributed by atoms with van der Waals surface area (Å²) in [7, 11) is 3.13. The highest BCUT2D eigenvalue weighted by Crippen LogP contribution is 2.65. The number of carbonyl (C=O) groups is 7. The minimum Gasteiger partial charge on any atom is -0.347 e. The van der Waals surface area contributed by atoms with Crippen LogP contribution in [0.1, 0.15) is 92.7 Å². The van der Waals surface area contributed by atoms with Crippen molar-refractivity contribution in [1.29, 1.82) is 0 Å². The number of nitrogens with one attached hydrogen (secondary N) is 5. The van der Waals surface area contributed by atoms with Crippen molar-refractivity contribution >= 4 is 41.4 Å². The van der Waals surface area contributed by atoms with Crippen LogP contribution in [-0.4, -0.2) is 103 Å². The van der Waals surface area contributed by atoms with Gasteiger partial charge in [0.2, 0.25) is 29.4 Å². The number of nitrogens with zero attached hydrogens (tertiary/aromatic N) is 2. The van der Waals surface area contributed by atoms with E-state index < -0.39 is 71.6 Å². The SMILES string of the molecule is CCCCC(NC(=O)C1C2C(CN1C(=O)C(NC(=O)NC(C)CC)C(C)(C)C)C2(C)C)C(=O)C(=O)NCC(=O)NC(C(=O)N(C)C)c1ccccc1. The third kappa shape index (κ3) is 10.1. The predicted octanol–water partition coefficient (Wildman–Crippen LogP) is 2.29. The van der Waals surface area contributed by atoms with Crippen LogP contribution in [0.2, 0.25) is 0 Å². The number of urea groups is 1. The van der Waals surface area contributed by atoms with E-state index in [4.69, 9.17) is 0 Å². The van der Waals surface area contributed by atoms with Crippen molar-refractivity contribution in [2.45, 2.75) is 111 Å². The quantitative estimate of drug-likeness (QED) is 0.162. The maximum atomic E-state index is 14.2. The van der Waals surface area contributed by atoms with Gasteiger partial charge in [0.05, 0.1) is 12.6 Å². The molecule has 5 N–H and O–H groups in total. The molecular weight excluding hydrogens is 666 g/mol. The minimum absolute atomic E-state index is 0.0486. The zero-order valence-electron chi connectivity index (χ0n) is 32.4. The van der Waals surface area contributed by atoms with Gasteiger partial charge in [0.1, 0.15) is 18.1 Å². The summed E-state index contributed by atoms with van der Waals surface area (Å²) in [6.07, 6.45) is 2.11. The fourth-order valence-electron chi connectivity index (χ4n) is 6.87. The number of likely N-dealkylation sites (tertiary alicyclic amines) is 1. The van der Waals surface area contributed by atoms with Crippen LogP contribution in [-0.2, 0) is 28.8 Å². The van der Waals surface area contributed by atoms with Gasteiger partial charge < -0.3 is 36.4 Å². The second kappa shape index (κ2) is 17.4. The second-order valence-electron chi connectivity index (χ2n) is 16.0. The Hall–Kier alpha value is -4.49. The van der Waals surface area contributed by atoms with Crippen molar-refractivity contribution in [2.75, 3.05) is 27.2 Å². The van der Waals surface area contributed by atoms with Crippen LogP contribution < -0.4 is 26.6 Å². The molecule has 14 nitrogen and oxygen atoms in total. The standard InChI is InChI=1S/C38H59N7O7/c1-11-13-19-25(30(47)33(49)39-20-26(46)42-28(34(50)44(9)10)23-17-15-14-16-18-23)41-32(48)29-27-24(38(27,7)8)21-45(29)35(51)31(37(4,5)6)43-36(52)40-22(3)12-2/h14-18,22,24-25,27-29,31H,11-13,19-21H2,1-10H3,(H,39,49)(H,41,48)(H,42,46)(H2,40,43,52). The molecule has 1 aromatic rings. The topological polar surface area (TPSA) is 186 Å². The van der Waals surface area contributed by atoms with Crippen LogP contribution in [0.4, 0.5) is 4.79 Å². The number of carbonyl (C=O) groups excluding carboxylic acids is 7. The summed E-state index contributed by atoms with van der Waals surface area (Å²) in [6.45, 7) is 15.1. The monoisotopic (exact) mass is 725 g/mol. The predicted molar refractivity (Wildman–Crippen MR) is 196 cm³/mol. The molecule has 7 unspecified atom stereocenters. The van der Waals surface area contributed by atoms with Crippen molar-refractivity contribution in [1.82, 2.24) is 36.4 Å². The molecule has 1 aliphatic heterocycles. The van der Waals surface area contributed by atoms with Crippen molar-refractivity contribution in [3.63, 3.8) is 0 Å². The number of benzene rings is 1. The molecule has 14 heteroatoms. The van der Waals surface area contributed by atoms with Gasteiger partial charge in [0.25, 0.3) is 5.91 Å². The number of hydrogen-bond donors (Lipinski definition) is 5. The number of fused-ring (bicyclic) bond motifs is 1. The van der Waals surface area contributed by atoms with Gasteiger partial charge in [-0.25, -0.2) is 4.79 Å². The summed E-state index contributed by atoms with van der Waals surface area (Å²) in [5.74, 6) is -4.09. The molecular formula is C38H59N7O7. The summed E-state index contributed by atoms with van der Waals surface area (Å²) < 4.78 is 0. The van der Waals surface area contributed by atoms with E-state index in [1.165, 1.54) is 9.80 Å². The Bertz CT molecular complexity index is 1490. The van der Waals surface area contributed by atoms with Gasteiger partial charge >= 0.3 is 6.03 Å². The number of unbranched alkanes of at least 4 members (excludes halogenated alkanes) is 1. The summed E-state index contributed by atoms with van der Waals surface area (Å²) in [4.78, 5) is 96.3. The number of likely N-dealkylation sites (N-methyl/N-ethyl adjacent to an activating group) is 1. The zero-order chi connectivity index (χ0) is 39.1. The Morgan fingerprint density at radius 2 is 1.58 bits per heavy atom. The van der Waals surface area contributed by atoms with Crippen LogP contribution in [0.5, 0.6) is 0 Å². The first-order chi connectivity index (χ1) is 24.3. The van der Waals surface area contributed by atoms with Crippen LogP contribution in [0, 0.1) is 22.7 Å². The van der Waals surface area contributed by atoms with E-state index >= 15 is 0 Å². The van der Waals surface area contributed by atoms with E-state index in [0.717, 1.165) is 0 Å². The Kier molecular flexibility index (Phi) is 14.0. The zero-order valence-corrected chi connectivity index (χ0v) is 32.4. The lowest BCUT2D eigenvalue weighted by atomic mass is 9.85. The van der Waals surface area contributed by atoms with E-state index in [9.17, 15) is 33.6 Å². The molecule has 0 radical (unpaired) electrons. The fourth-order valence-corrected chi connectivity index (χ4v) is 6.87. The molecule has 1 saturated carbocycles. The summed E-state index contributed by atoms with van der Waals surface area (Å²) in [5.41, 5.74) is -0.354. The average Bonchev–Trinajstić information content (AvgIpc) is 3.39. The molecule has 1 aliphatic carbocycles. The summed E-state index contributed by atoms with van der Waals surface area (Å²) in [5, 5.41) is 13.4. The van der Waals surface area contributed by atoms with Gasteiger partial charge in [-0.1, -0.05) is 91.6 Å². The van der Waals surface area contributed by atoms with Crippen LogP contribution in [0.25, 0.3) is 0 Å². The number of rotatable bonds is 16. The summed E-state index contributed by atoms with van der Waals surface area (Å²) >= 11 is 0. The molecule has 52 heavy (non-hydrogen) atoms. The van der Waals surface area contributed by atoms with E-state index in [-0.39, 0.29) is 35.6 Å². The molecule has 1 aromatic carbocycles. The highest BCUT2D eigenvalue weighted by Gasteiger charge is 2.70. The van der Waals surface area contributed by atoms with E-state index in [1.54, 1.807) is 44.4 Å². The van der Waals surface area contributed by atoms with Crippen LogP contribution in [0.15, 0.2) is 30.3 Å². The maximum Gasteiger partial charge on any atom is 0.315 e. The van der Waals surface area contributed by atoms with Crippen molar-refractivity contribution in [3.8, 4) is 0 Å². The number of Topliss-reactive ketones (excluding diaryl/α,β-unsaturated/α-hetero) is 1. The number of hydrogen-bond acceptors (Lipinski definition) is 7. The number of amides is 7. The van der Waals surface area contributed by atoms with Crippen LogP contribution >= 0.6 is 0 Å². The van der Waals surface area contributed by atoms with Gasteiger partial charge in [0, 0.05) is 26.7 Å². The highest BCUT2D eigenvalue weighted by atomic mass is 16.2. The van der Waals surface area contributed by atoms with E-state index in [0.29, 0.717) is 31.4 Å². The Labute approximate surface area is 307 Å². The molecule has 0 bridgehead atoms. The molecule has 0 aromatic heterocycles. The summed E-state index contributed by atoms with van der Waals surface area (Å²) in [6, 6.07) is 4.04. The number of piperidine rings is 1. The van der Waals surface area contributed by atoms with Crippen LogP contribution in [0.3, 0.4) is 0 Å². The largest absolute Gasteiger partial charge is 0.347 e. The van der Waals surface area contributed by atoms with Crippen molar-refractivity contribution in [2.24, 2.45) is 22.7 Å². The minimum atomic E-state index is -1.20. The molecule has 0 spiro atoms. The lowest BCUT2D eigenvalue weighted by Gasteiger charge is -2.38. The normalized spacial score (nSPS) is 21.0. The molecule has 2 fully saturated rings. The molecule has 2 aliphatic rings. The fraction of sp³-hybridized carbons (Fsp3) is 0.658. The van der Waals surface area contributed by atoms with Gasteiger partial charge in [-0.3, -0.25) is 28.8 Å². The highest BCUT2D eigenvalue weighted by molar-refractivity contribution is 6.38. The number of ketones is 1. The molecule has 3 rings (SSSR count). The van der Waals surface area contributed by atoms with Gasteiger partial charge in [0.15, 0.2) is 0 Å². The lowest BCUT2D eigenvalue weighted by Crippen LogP contribution is -2.61. The van der Waals surface area contributed by atoms with Crippen molar-refractivity contribution < 1.29 is 33.6 Å². The maximum absolute atomic E-state index is 14.2. The smallest absolute Gasteiger partial charge is 0.315 e. The molecule has 1 heterocycles. The van der Waals surface area contributed by atoms with E-state index in [2.05, 4.69) is 26.6 Å². The third-order valence-corrected chi connectivity index (χ3v) is 10.4. The van der Waals surface area contributed by atoms with E-state index in [1.807, 2.05) is 55.4 Å². The second-order valence-corrected chi connectivity index (χ2v) is 16.0. The van der Waals surface area contributed by atoms with Gasteiger partial charge in [-0.2, -0.15) is 0 Å². The van der Waals surface area contributed by atoms with Crippen molar-refractivity contribution in [3.05, 3.63) is 35.9 Å². The molecule has 288 valence electrons. The Morgan fingerprint density at radius 3 is 2.13 bits per heavy atom.